The summed E-state index contributed by atoms with van der Waals surface area (Å²) in [4.78, 5) is 29.9. The van der Waals surface area contributed by atoms with Crippen LogP contribution in [0.2, 0.25) is 0 Å². The summed E-state index contributed by atoms with van der Waals surface area (Å²) in [6.07, 6.45) is 1.96. The van der Waals surface area contributed by atoms with Crippen LogP contribution in [0.25, 0.3) is 10.9 Å². The normalized spacial score (nSPS) is 11.7. The van der Waals surface area contributed by atoms with Gasteiger partial charge in [-0.2, -0.15) is 0 Å². The van der Waals surface area contributed by atoms with Gasteiger partial charge < -0.3 is 25.1 Å². The number of rotatable bonds is 9. The highest BCUT2D eigenvalue weighted by atomic mass is 32.1. The molecule has 3 N–H and O–H groups in total. The van der Waals surface area contributed by atoms with Crippen LogP contribution in [0.15, 0.2) is 60.8 Å². The van der Waals surface area contributed by atoms with Gasteiger partial charge in [0.05, 0.1) is 25.6 Å². The van der Waals surface area contributed by atoms with Crippen LogP contribution in [0, 0.1) is 6.92 Å². The van der Waals surface area contributed by atoms with Crippen LogP contribution in [-0.4, -0.2) is 44.1 Å². The molecule has 0 spiro atoms. The predicted octanol–water partition coefficient (Wildman–Crippen LogP) is 4.23. The van der Waals surface area contributed by atoms with Crippen LogP contribution in [0.3, 0.4) is 0 Å². The number of nitrogens with one attached hydrogen (secondary N) is 3. The molecule has 0 aliphatic rings. The Balaban J connectivity index is 1.56. The highest BCUT2D eigenvalue weighted by Crippen LogP contribution is 2.40. The van der Waals surface area contributed by atoms with Gasteiger partial charge in [-0.25, -0.2) is 0 Å². The van der Waals surface area contributed by atoms with E-state index < -0.39 is 0 Å². The Bertz CT molecular complexity index is 1310. The third kappa shape index (κ3) is 4.92. The number of aromatic nitrogens is 1. The molecule has 0 radical (unpaired) electrons. The average molecular weight is 478 g/mol. The Morgan fingerprint density at radius 3 is 2.53 bits per heavy atom. The Kier molecular flexibility index (Phi) is 7.18. The minimum absolute atomic E-state index is 0.106. The first-order valence-electron chi connectivity index (χ1n) is 10.9. The molecule has 4 rings (SSSR count). The second-order valence-corrected chi connectivity index (χ2v) is 9.11. The minimum atomic E-state index is -0.270. The Morgan fingerprint density at radius 2 is 1.79 bits per heavy atom. The number of methoxy groups -OCH3 is 2. The number of carbonyl (C=O) groups is 2. The van der Waals surface area contributed by atoms with Gasteiger partial charge in [0.1, 0.15) is 0 Å². The number of amides is 2. The van der Waals surface area contributed by atoms with Crippen molar-refractivity contribution in [2.45, 2.75) is 12.8 Å². The summed E-state index contributed by atoms with van der Waals surface area (Å²) in [5, 5.41) is 6.73. The van der Waals surface area contributed by atoms with E-state index in [0.717, 1.165) is 26.9 Å². The topological polar surface area (TPSA) is 92.5 Å². The third-order valence-corrected chi connectivity index (χ3v) is 6.68. The first-order chi connectivity index (χ1) is 16.5. The van der Waals surface area contributed by atoms with E-state index in [0.29, 0.717) is 22.9 Å². The summed E-state index contributed by atoms with van der Waals surface area (Å²) in [5.74, 6) is 0.510. The number of para-hydroxylation sites is 2. The molecule has 176 valence electrons. The maximum Gasteiger partial charge on any atom is 0.261 e. The highest BCUT2D eigenvalue weighted by Gasteiger charge is 2.24. The maximum absolute atomic E-state index is 12.6. The number of fused-ring (bicyclic) bond motifs is 1. The van der Waals surface area contributed by atoms with E-state index in [4.69, 9.17) is 9.47 Å². The molecule has 2 heterocycles. The molecule has 0 aliphatic carbocycles. The Morgan fingerprint density at radius 1 is 0.971 bits per heavy atom. The number of carbonyl (C=O) groups excluding carboxylic acids is 2. The number of ether oxygens (including phenoxy) is 2. The van der Waals surface area contributed by atoms with E-state index in [9.17, 15) is 9.59 Å². The van der Waals surface area contributed by atoms with Crippen molar-refractivity contribution in [2.75, 3.05) is 27.3 Å². The zero-order valence-corrected chi connectivity index (χ0v) is 20.1. The van der Waals surface area contributed by atoms with E-state index >= 15 is 0 Å². The number of thiophene rings is 1. The second kappa shape index (κ2) is 10.4. The lowest BCUT2D eigenvalue weighted by Crippen LogP contribution is -2.38. The SMILES string of the molecule is COc1cccc(C(CNC(=O)CNC(=O)c2ccc(C)s2)c2c[nH]c3ccccc23)c1OC. The summed E-state index contributed by atoms with van der Waals surface area (Å²) in [7, 11) is 3.20. The van der Waals surface area contributed by atoms with E-state index in [1.807, 2.05) is 61.7 Å². The lowest BCUT2D eigenvalue weighted by molar-refractivity contribution is -0.120. The number of benzene rings is 2. The number of hydrogen-bond acceptors (Lipinski definition) is 5. The fourth-order valence-corrected chi connectivity index (χ4v) is 4.82. The molecule has 34 heavy (non-hydrogen) atoms. The lowest BCUT2D eigenvalue weighted by Gasteiger charge is -2.22. The predicted molar refractivity (Wildman–Crippen MR) is 134 cm³/mol. The molecule has 2 aromatic heterocycles. The van der Waals surface area contributed by atoms with Crippen LogP contribution in [0.4, 0.5) is 0 Å². The molecule has 0 bridgehead atoms. The van der Waals surface area contributed by atoms with E-state index in [-0.39, 0.29) is 24.3 Å². The summed E-state index contributed by atoms with van der Waals surface area (Å²) in [6.45, 7) is 2.15. The Labute approximate surface area is 202 Å². The standard InChI is InChI=1S/C26H27N3O4S/c1-16-11-12-23(34-16)26(31)29-15-24(30)28-14-20(18-8-6-10-22(32-2)25(18)33-3)19-13-27-21-9-5-4-7-17(19)21/h4-13,20,27H,14-15H2,1-3H3,(H,28,30)(H,29,31). The van der Waals surface area contributed by atoms with Crippen LogP contribution in [0.5, 0.6) is 11.5 Å². The average Bonchev–Trinajstić information content (AvgIpc) is 3.49. The van der Waals surface area contributed by atoms with Crippen molar-refractivity contribution in [1.82, 2.24) is 15.6 Å². The molecule has 1 unspecified atom stereocenters. The summed E-state index contributed by atoms with van der Waals surface area (Å²) in [6, 6.07) is 17.4. The summed E-state index contributed by atoms with van der Waals surface area (Å²) < 4.78 is 11.2. The zero-order chi connectivity index (χ0) is 24.1. The smallest absolute Gasteiger partial charge is 0.261 e. The van der Waals surface area contributed by atoms with Crippen molar-refractivity contribution in [3.63, 3.8) is 0 Å². The summed E-state index contributed by atoms with van der Waals surface area (Å²) in [5.41, 5.74) is 2.93. The van der Waals surface area contributed by atoms with E-state index in [1.165, 1.54) is 11.3 Å². The molecule has 8 heteroatoms. The molecule has 4 aromatic rings. The van der Waals surface area contributed by atoms with Gasteiger partial charge in [-0.05, 0) is 36.8 Å². The van der Waals surface area contributed by atoms with Gasteiger partial charge in [0.25, 0.3) is 5.91 Å². The van der Waals surface area contributed by atoms with Crippen LogP contribution >= 0.6 is 11.3 Å². The Hall–Kier alpha value is -3.78. The molecular weight excluding hydrogens is 450 g/mol. The van der Waals surface area contributed by atoms with Crippen molar-refractivity contribution in [3.05, 3.63) is 81.7 Å². The molecule has 2 aromatic carbocycles. The maximum atomic E-state index is 12.6. The fraction of sp³-hybridized carbons (Fsp3) is 0.231. The molecule has 0 fully saturated rings. The highest BCUT2D eigenvalue weighted by molar-refractivity contribution is 7.13. The molecular formula is C26H27N3O4S. The molecule has 0 saturated carbocycles. The second-order valence-electron chi connectivity index (χ2n) is 7.82. The third-order valence-electron chi connectivity index (χ3n) is 5.68. The first kappa shape index (κ1) is 23.4. The summed E-state index contributed by atoms with van der Waals surface area (Å²) >= 11 is 1.40. The zero-order valence-electron chi connectivity index (χ0n) is 19.3. The lowest BCUT2D eigenvalue weighted by atomic mass is 9.90. The van der Waals surface area contributed by atoms with Crippen molar-refractivity contribution in [2.24, 2.45) is 0 Å². The van der Waals surface area contributed by atoms with E-state index in [2.05, 4.69) is 15.6 Å². The van der Waals surface area contributed by atoms with Gasteiger partial charge in [0, 0.05) is 40.0 Å². The molecule has 2 amide bonds. The van der Waals surface area contributed by atoms with Gasteiger partial charge in [0.2, 0.25) is 5.91 Å². The minimum Gasteiger partial charge on any atom is -0.493 e. The number of hydrogen-bond donors (Lipinski definition) is 3. The quantitative estimate of drug-likeness (QED) is 0.336. The molecule has 1 atom stereocenters. The van der Waals surface area contributed by atoms with Crippen molar-refractivity contribution in [3.8, 4) is 11.5 Å². The van der Waals surface area contributed by atoms with Crippen molar-refractivity contribution >= 4 is 34.1 Å². The van der Waals surface area contributed by atoms with Gasteiger partial charge in [-0.3, -0.25) is 9.59 Å². The largest absolute Gasteiger partial charge is 0.493 e. The van der Waals surface area contributed by atoms with Gasteiger partial charge in [-0.15, -0.1) is 11.3 Å². The van der Waals surface area contributed by atoms with Gasteiger partial charge >= 0.3 is 0 Å². The molecule has 7 nitrogen and oxygen atoms in total. The van der Waals surface area contributed by atoms with E-state index in [1.54, 1.807) is 20.3 Å². The molecule has 0 saturated heterocycles. The van der Waals surface area contributed by atoms with Crippen LogP contribution in [-0.2, 0) is 4.79 Å². The van der Waals surface area contributed by atoms with Crippen LogP contribution in [0.1, 0.15) is 31.6 Å². The monoisotopic (exact) mass is 477 g/mol. The van der Waals surface area contributed by atoms with Crippen molar-refractivity contribution < 1.29 is 19.1 Å². The number of aromatic amines is 1. The number of aryl methyl sites for hydroxylation is 1. The number of H-pyrrole nitrogens is 1. The first-order valence-corrected chi connectivity index (χ1v) is 11.7. The van der Waals surface area contributed by atoms with Gasteiger partial charge in [-0.1, -0.05) is 30.3 Å². The van der Waals surface area contributed by atoms with Crippen LogP contribution < -0.4 is 20.1 Å². The van der Waals surface area contributed by atoms with Crippen molar-refractivity contribution in [1.29, 1.82) is 0 Å². The van der Waals surface area contributed by atoms with Gasteiger partial charge in [0.15, 0.2) is 11.5 Å². The fourth-order valence-electron chi connectivity index (χ4n) is 4.04. The molecule has 0 aliphatic heterocycles.